The molecule has 0 atom stereocenters. The number of nitrogens with zero attached hydrogens (tertiary/aromatic N) is 2. The monoisotopic (exact) mass is 457 g/mol. The summed E-state index contributed by atoms with van der Waals surface area (Å²) in [7, 11) is 0. The molecule has 1 aromatic heterocycles. The normalized spacial score (nSPS) is 11.5. The number of aromatic nitrogens is 1. The zero-order valence-electron chi connectivity index (χ0n) is 19.2. The van der Waals surface area contributed by atoms with Crippen LogP contribution >= 0.6 is 0 Å². The summed E-state index contributed by atoms with van der Waals surface area (Å²) in [6, 6.07) is 14.7. The number of nitrogens with one attached hydrogen (secondary N) is 1. The van der Waals surface area contributed by atoms with Crippen molar-refractivity contribution in [3.63, 3.8) is 0 Å². The van der Waals surface area contributed by atoms with Crippen molar-refractivity contribution in [2.45, 2.75) is 52.9 Å². The fourth-order valence-corrected chi connectivity index (χ4v) is 3.61. The van der Waals surface area contributed by atoms with Gasteiger partial charge in [-0.1, -0.05) is 31.5 Å². The Bertz CT molecular complexity index is 1090. The molecule has 0 fully saturated rings. The van der Waals surface area contributed by atoms with Gasteiger partial charge in [-0.15, -0.1) is 0 Å². The smallest absolute Gasteiger partial charge is 0.345 e. The minimum absolute atomic E-state index is 0.196. The maximum absolute atomic E-state index is 13.1. The number of halogens is 3. The Kier molecular flexibility index (Phi) is 7.84. The van der Waals surface area contributed by atoms with E-state index in [1.165, 1.54) is 12.1 Å². The SMILES string of the molecule is CCCCN(Cc1cccn1Cc1cccc(C(F)(F)F)c1)C(=O)Nc1ccc(C)c(C)c1. The van der Waals surface area contributed by atoms with Crippen molar-refractivity contribution in [2.75, 3.05) is 11.9 Å². The number of urea groups is 1. The molecule has 0 saturated carbocycles. The molecule has 0 aliphatic rings. The van der Waals surface area contributed by atoms with Gasteiger partial charge in [0.1, 0.15) is 0 Å². The molecule has 33 heavy (non-hydrogen) atoms. The predicted molar refractivity (Wildman–Crippen MR) is 125 cm³/mol. The zero-order chi connectivity index (χ0) is 24.0. The van der Waals surface area contributed by atoms with Gasteiger partial charge in [0.05, 0.1) is 12.1 Å². The topological polar surface area (TPSA) is 37.3 Å². The van der Waals surface area contributed by atoms with Crippen LogP contribution < -0.4 is 5.32 Å². The first-order valence-electron chi connectivity index (χ1n) is 11.1. The number of carbonyl (C=O) groups excluding carboxylic acids is 1. The lowest BCUT2D eigenvalue weighted by Gasteiger charge is -2.24. The molecular formula is C26H30F3N3O. The molecule has 2 amide bonds. The van der Waals surface area contributed by atoms with Crippen LogP contribution in [0.15, 0.2) is 60.8 Å². The molecular weight excluding hydrogens is 427 g/mol. The zero-order valence-corrected chi connectivity index (χ0v) is 19.2. The number of carbonyl (C=O) groups is 1. The number of benzene rings is 2. The Hall–Kier alpha value is -3.22. The van der Waals surface area contributed by atoms with E-state index < -0.39 is 11.7 Å². The minimum atomic E-state index is -4.38. The van der Waals surface area contributed by atoms with Crippen molar-refractivity contribution >= 4 is 11.7 Å². The van der Waals surface area contributed by atoms with Crippen LogP contribution in [0.1, 0.15) is 47.7 Å². The number of hydrogen-bond donors (Lipinski definition) is 1. The summed E-state index contributed by atoms with van der Waals surface area (Å²) in [5.41, 5.74) is 3.75. The summed E-state index contributed by atoms with van der Waals surface area (Å²) in [6.45, 7) is 7.33. The van der Waals surface area contributed by atoms with E-state index in [1.807, 2.05) is 54.9 Å². The molecule has 0 saturated heterocycles. The van der Waals surface area contributed by atoms with Gasteiger partial charge in [-0.05, 0) is 73.4 Å². The lowest BCUT2D eigenvalue weighted by molar-refractivity contribution is -0.137. The van der Waals surface area contributed by atoms with Crippen LogP contribution in [0.3, 0.4) is 0 Å². The van der Waals surface area contributed by atoms with Gasteiger partial charge in [0.2, 0.25) is 0 Å². The molecule has 0 bridgehead atoms. The number of anilines is 1. The van der Waals surface area contributed by atoms with Gasteiger partial charge >= 0.3 is 12.2 Å². The van der Waals surface area contributed by atoms with Gasteiger partial charge in [-0.2, -0.15) is 13.2 Å². The van der Waals surface area contributed by atoms with Crippen LogP contribution in [0.25, 0.3) is 0 Å². The first-order valence-corrected chi connectivity index (χ1v) is 11.1. The number of alkyl halides is 3. The van der Waals surface area contributed by atoms with Crippen LogP contribution in [0, 0.1) is 13.8 Å². The van der Waals surface area contributed by atoms with Crippen molar-refractivity contribution < 1.29 is 18.0 Å². The number of amides is 2. The molecule has 176 valence electrons. The molecule has 0 aliphatic carbocycles. The van der Waals surface area contributed by atoms with E-state index in [-0.39, 0.29) is 6.03 Å². The molecule has 2 aromatic carbocycles. The lowest BCUT2D eigenvalue weighted by atomic mass is 10.1. The Labute approximate surface area is 193 Å². The number of rotatable bonds is 8. The molecule has 0 spiro atoms. The van der Waals surface area contributed by atoms with E-state index in [0.29, 0.717) is 25.2 Å². The van der Waals surface area contributed by atoms with Gasteiger partial charge < -0.3 is 14.8 Å². The molecule has 7 heteroatoms. The quantitative estimate of drug-likeness (QED) is 0.388. The summed E-state index contributed by atoms with van der Waals surface area (Å²) in [5, 5.41) is 2.98. The van der Waals surface area contributed by atoms with Gasteiger partial charge in [-0.3, -0.25) is 0 Å². The highest BCUT2D eigenvalue weighted by Gasteiger charge is 2.30. The average Bonchev–Trinajstić information content (AvgIpc) is 3.19. The minimum Gasteiger partial charge on any atom is -0.345 e. The summed E-state index contributed by atoms with van der Waals surface area (Å²) in [5.74, 6) is 0. The van der Waals surface area contributed by atoms with Gasteiger partial charge in [0.25, 0.3) is 0 Å². The van der Waals surface area contributed by atoms with Crippen molar-refractivity contribution in [1.29, 1.82) is 0 Å². The largest absolute Gasteiger partial charge is 0.416 e. The standard InChI is InChI=1S/C26H30F3N3O/c1-4-5-13-32(25(33)30-23-12-11-19(2)20(3)15-23)18-24-10-7-14-31(24)17-21-8-6-9-22(16-21)26(27,28)29/h6-12,14-16H,4-5,13,17-18H2,1-3H3,(H,30,33). The van der Waals surface area contributed by atoms with Crippen molar-refractivity contribution in [2.24, 2.45) is 0 Å². The Morgan fingerprint density at radius 2 is 1.82 bits per heavy atom. The first-order chi connectivity index (χ1) is 15.7. The predicted octanol–water partition coefficient (Wildman–Crippen LogP) is 7.01. The molecule has 0 radical (unpaired) electrons. The number of unbranched alkanes of at least 4 members (excludes halogenated alkanes) is 1. The van der Waals surface area contributed by atoms with E-state index in [1.54, 1.807) is 11.0 Å². The number of hydrogen-bond acceptors (Lipinski definition) is 1. The summed E-state index contributed by atoms with van der Waals surface area (Å²) >= 11 is 0. The molecule has 3 rings (SSSR count). The van der Waals surface area contributed by atoms with E-state index in [9.17, 15) is 18.0 Å². The third-order valence-electron chi connectivity index (χ3n) is 5.71. The third kappa shape index (κ3) is 6.63. The van der Waals surface area contributed by atoms with Crippen LogP contribution in [0.4, 0.5) is 23.7 Å². The highest BCUT2D eigenvalue weighted by Crippen LogP contribution is 2.29. The van der Waals surface area contributed by atoms with E-state index in [2.05, 4.69) is 12.2 Å². The van der Waals surface area contributed by atoms with Crippen molar-refractivity contribution in [3.8, 4) is 0 Å². The molecule has 1 heterocycles. The maximum Gasteiger partial charge on any atom is 0.416 e. The van der Waals surface area contributed by atoms with Crippen molar-refractivity contribution in [1.82, 2.24) is 9.47 Å². The van der Waals surface area contributed by atoms with Gasteiger partial charge in [-0.25, -0.2) is 4.79 Å². The molecule has 3 aromatic rings. The van der Waals surface area contributed by atoms with Crippen molar-refractivity contribution in [3.05, 3.63) is 88.7 Å². The number of aryl methyl sites for hydroxylation is 2. The van der Waals surface area contributed by atoms with Gasteiger partial charge in [0.15, 0.2) is 0 Å². The molecule has 0 aliphatic heterocycles. The van der Waals surface area contributed by atoms with Crippen LogP contribution in [-0.2, 0) is 19.3 Å². The Morgan fingerprint density at radius 1 is 1.03 bits per heavy atom. The Balaban J connectivity index is 1.76. The van der Waals surface area contributed by atoms with Crippen LogP contribution in [0.2, 0.25) is 0 Å². The fraction of sp³-hybridized carbons (Fsp3) is 0.346. The molecule has 0 unspecified atom stereocenters. The molecule has 4 nitrogen and oxygen atoms in total. The molecule has 1 N–H and O–H groups in total. The second-order valence-electron chi connectivity index (χ2n) is 8.33. The highest BCUT2D eigenvalue weighted by atomic mass is 19.4. The average molecular weight is 458 g/mol. The van der Waals surface area contributed by atoms with E-state index in [0.717, 1.165) is 41.4 Å². The second kappa shape index (κ2) is 10.6. The van der Waals surface area contributed by atoms with E-state index >= 15 is 0 Å². The third-order valence-corrected chi connectivity index (χ3v) is 5.71. The highest BCUT2D eigenvalue weighted by molar-refractivity contribution is 5.89. The van der Waals surface area contributed by atoms with E-state index in [4.69, 9.17) is 0 Å². The van der Waals surface area contributed by atoms with Crippen LogP contribution in [-0.4, -0.2) is 22.0 Å². The summed E-state index contributed by atoms with van der Waals surface area (Å²) in [6.07, 6.45) is -0.749. The first kappa shape index (κ1) is 24.4. The summed E-state index contributed by atoms with van der Waals surface area (Å²) in [4.78, 5) is 14.8. The lowest BCUT2D eigenvalue weighted by Crippen LogP contribution is -2.36. The maximum atomic E-state index is 13.1. The van der Waals surface area contributed by atoms with Crippen LogP contribution in [0.5, 0.6) is 0 Å². The second-order valence-corrected chi connectivity index (χ2v) is 8.33. The van der Waals surface area contributed by atoms with Gasteiger partial charge in [0, 0.05) is 30.7 Å². The Morgan fingerprint density at radius 3 is 2.52 bits per heavy atom. The fourth-order valence-electron chi connectivity index (χ4n) is 3.61. The summed E-state index contributed by atoms with van der Waals surface area (Å²) < 4.78 is 41.1.